The molecule has 14 heteroatoms. The molecule has 0 unspecified atom stereocenters. The number of benzene rings is 1. The van der Waals surface area contributed by atoms with Gasteiger partial charge < -0.3 is 10.2 Å². The summed E-state index contributed by atoms with van der Waals surface area (Å²) < 4.78 is 55.7. The molecule has 5 rings (SSSR count). The fraction of sp³-hybridized carbons (Fsp3) is 0.448. The van der Waals surface area contributed by atoms with Crippen LogP contribution >= 0.6 is 0 Å². The number of halogens is 2. The standard InChI is InChI=1S/C29H36F2N8O3S/c1-18(2)39-27-19(14-33-28(35-27)34-21-7-9-23(10-8-21)37(3)4)16-38(29(39)40)24-11-12-26(25(31)13-24)36-43(41,42)17-22-6-5-20(30)15-32-22/h5-6,11-15,18,21,23,36H,7-10,16-17H2,1-4H3,(H,33,34,35). The highest BCUT2D eigenvalue weighted by molar-refractivity contribution is 7.91. The van der Waals surface area contributed by atoms with Crippen molar-refractivity contribution in [2.75, 3.05) is 33.9 Å². The third kappa shape index (κ3) is 7.02. The molecule has 0 bridgehead atoms. The summed E-state index contributed by atoms with van der Waals surface area (Å²) in [4.78, 5) is 31.9. The molecule has 1 aliphatic heterocycles. The van der Waals surface area contributed by atoms with Crippen LogP contribution in [0.3, 0.4) is 0 Å². The number of nitrogens with zero attached hydrogens (tertiary/aromatic N) is 6. The van der Waals surface area contributed by atoms with E-state index < -0.39 is 27.4 Å². The number of rotatable bonds is 9. The van der Waals surface area contributed by atoms with Gasteiger partial charge in [0.25, 0.3) is 0 Å². The number of amides is 2. The monoisotopic (exact) mass is 614 g/mol. The van der Waals surface area contributed by atoms with Crippen molar-refractivity contribution in [2.45, 2.75) is 70.0 Å². The molecule has 0 radical (unpaired) electrons. The van der Waals surface area contributed by atoms with Gasteiger partial charge in [-0.25, -0.2) is 27.0 Å². The smallest absolute Gasteiger partial charge is 0.330 e. The van der Waals surface area contributed by atoms with E-state index in [1.54, 1.807) is 11.1 Å². The topological polar surface area (TPSA) is 124 Å². The van der Waals surface area contributed by atoms with Crippen LogP contribution in [0.15, 0.2) is 42.7 Å². The van der Waals surface area contributed by atoms with Crippen LogP contribution in [0.5, 0.6) is 0 Å². The second-order valence-electron chi connectivity index (χ2n) is 11.5. The van der Waals surface area contributed by atoms with Gasteiger partial charge in [-0.05, 0) is 84.0 Å². The Hall–Kier alpha value is -3.91. The third-order valence-electron chi connectivity index (χ3n) is 7.77. The van der Waals surface area contributed by atoms with Crippen molar-refractivity contribution in [1.82, 2.24) is 19.9 Å². The fourth-order valence-corrected chi connectivity index (χ4v) is 6.61. The molecule has 0 spiro atoms. The largest absolute Gasteiger partial charge is 0.351 e. The molecule has 1 aromatic carbocycles. The number of anilines is 4. The van der Waals surface area contributed by atoms with Gasteiger partial charge in [0, 0.05) is 35.6 Å². The number of hydrogen-bond donors (Lipinski definition) is 2. The molecule has 43 heavy (non-hydrogen) atoms. The molecule has 0 atom stereocenters. The zero-order valence-corrected chi connectivity index (χ0v) is 25.4. The van der Waals surface area contributed by atoms with Crippen LogP contribution in [0.25, 0.3) is 0 Å². The quantitative estimate of drug-likeness (QED) is 0.355. The number of carbonyl (C=O) groups excluding carboxylic acids is 1. The predicted molar refractivity (Wildman–Crippen MR) is 161 cm³/mol. The number of pyridine rings is 1. The van der Waals surface area contributed by atoms with E-state index >= 15 is 4.39 Å². The second-order valence-corrected chi connectivity index (χ2v) is 13.2. The number of hydrogen-bond acceptors (Lipinski definition) is 8. The fourth-order valence-electron chi connectivity index (χ4n) is 5.48. The summed E-state index contributed by atoms with van der Waals surface area (Å²) >= 11 is 0. The molecule has 1 fully saturated rings. The SMILES string of the molecule is CC(C)N1C(=O)N(c2ccc(NS(=O)(=O)Cc3ccc(F)cn3)c(F)c2)Cc2cnc(NC3CCC(N(C)C)CC3)nc21. The van der Waals surface area contributed by atoms with Crippen molar-refractivity contribution in [3.63, 3.8) is 0 Å². The normalized spacial score (nSPS) is 19.1. The van der Waals surface area contributed by atoms with Crippen molar-refractivity contribution in [3.8, 4) is 0 Å². The van der Waals surface area contributed by atoms with Crippen LogP contribution in [-0.4, -0.2) is 66.5 Å². The van der Waals surface area contributed by atoms with Crippen molar-refractivity contribution in [1.29, 1.82) is 0 Å². The number of nitrogens with one attached hydrogen (secondary N) is 2. The van der Waals surface area contributed by atoms with E-state index in [-0.39, 0.29) is 41.7 Å². The lowest BCUT2D eigenvalue weighted by Gasteiger charge is -2.38. The number of carbonyl (C=O) groups is 1. The zero-order chi connectivity index (χ0) is 30.9. The highest BCUT2D eigenvalue weighted by Crippen LogP contribution is 2.34. The average Bonchev–Trinajstić information content (AvgIpc) is 2.95. The molecule has 3 aromatic rings. The predicted octanol–water partition coefficient (Wildman–Crippen LogP) is 4.73. The molecular formula is C29H36F2N8O3S. The van der Waals surface area contributed by atoms with Crippen LogP contribution in [0.2, 0.25) is 0 Å². The highest BCUT2D eigenvalue weighted by Gasteiger charge is 2.35. The maximum absolute atomic E-state index is 15.2. The lowest BCUT2D eigenvalue weighted by Crippen LogP contribution is -2.51. The first kappa shape index (κ1) is 30.5. The van der Waals surface area contributed by atoms with Crippen molar-refractivity contribution >= 4 is 39.2 Å². The molecule has 3 heterocycles. The summed E-state index contributed by atoms with van der Waals surface area (Å²) in [6.07, 6.45) is 6.78. The van der Waals surface area contributed by atoms with Gasteiger partial charge in [-0.1, -0.05) is 0 Å². The van der Waals surface area contributed by atoms with E-state index in [1.165, 1.54) is 23.1 Å². The van der Waals surface area contributed by atoms with Gasteiger partial charge in [-0.15, -0.1) is 0 Å². The Kier molecular flexibility index (Phi) is 8.79. The number of fused-ring (bicyclic) bond motifs is 1. The maximum Gasteiger partial charge on any atom is 0.330 e. The van der Waals surface area contributed by atoms with E-state index in [0.29, 0.717) is 23.4 Å². The van der Waals surface area contributed by atoms with Gasteiger partial charge in [0.05, 0.1) is 24.1 Å². The Morgan fingerprint density at radius 1 is 1.05 bits per heavy atom. The Bertz CT molecular complexity index is 1580. The summed E-state index contributed by atoms with van der Waals surface area (Å²) in [5, 5.41) is 3.44. The highest BCUT2D eigenvalue weighted by atomic mass is 32.2. The van der Waals surface area contributed by atoms with Crippen LogP contribution < -0.4 is 19.8 Å². The van der Waals surface area contributed by atoms with Crippen LogP contribution in [0, 0.1) is 11.6 Å². The van der Waals surface area contributed by atoms with Crippen LogP contribution in [0.4, 0.5) is 36.7 Å². The number of aromatic nitrogens is 3. The summed E-state index contributed by atoms with van der Waals surface area (Å²) in [5.41, 5.74) is 0.777. The average molecular weight is 615 g/mol. The van der Waals surface area contributed by atoms with Gasteiger partial charge in [0.15, 0.2) is 0 Å². The summed E-state index contributed by atoms with van der Waals surface area (Å²) in [7, 11) is 0.165. The van der Waals surface area contributed by atoms with Gasteiger partial charge >= 0.3 is 6.03 Å². The molecule has 2 amide bonds. The molecule has 2 aliphatic rings. The van der Waals surface area contributed by atoms with E-state index in [0.717, 1.165) is 44.0 Å². The summed E-state index contributed by atoms with van der Waals surface area (Å²) in [6.45, 7) is 3.86. The molecule has 11 nitrogen and oxygen atoms in total. The molecule has 1 saturated carbocycles. The van der Waals surface area contributed by atoms with E-state index in [9.17, 15) is 17.6 Å². The lowest BCUT2D eigenvalue weighted by atomic mass is 9.91. The second kappa shape index (κ2) is 12.4. The Morgan fingerprint density at radius 3 is 2.42 bits per heavy atom. The first-order valence-corrected chi connectivity index (χ1v) is 15.9. The molecule has 2 N–H and O–H groups in total. The molecular weight excluding hydrogens is 578 g/mol. The van der Waals surface area contributed by atoms with Crippen molar-refractivity contribution < 1.29 is 22.0 Å². The Morgan fingerprint density at radius 2 is 1.79 bits per heavy atom. The number of urea groups is 1. The van der Waals surface area contributed by atoms with Gasteiger partial charge in [-0.2, -0.15) is 4.98 Å². The molecule has 0 saturated heterocycles. The maximum atomic E-state index is 15.2. The van der Waals surface area contributed by atoms with E-state index in [1.807, 2.05) is 13.8 Å². The van der Waals surface area contributed by atoms with E-state index in [4.69, 9.17) is 4.98 Å². The first-order valence-electron chi connectivity index (χ1n) is 14.2. The summed E-state index contributed by atoms with van der Waals surface area (Å²) in [5.74, 6) is -1.04. The number of sulfonamides is 1. The van der Waals surface area contributed by atoms with Crippen LogP contribution in [0.1, 0.15) is 50.8 Å². The van der Waals surface area contributed by atoms with Gasteiger partial charge in [-0.3, -0.25) is 19.5 Å². The Balaban J connectivity index is 1.32. The third-order valence-corrected chi connectivity index (χ3v) is 8.98. The van der Waals surface area contributed by atoms with Crippen molar-refractivity contribution in [3.05, 3.63) is 65.6 Å². The molecule has 230 valence electrons. The van der Waals surface area contributed by atoms with Gasteiger partial charge in [0.1, 0.15) is 23.2 Å². The molecule has 2 aromatic heterocycles. The first-order chi connectivity index (χ1) is 20.4. The van der Waals surface area contributed by atoms with Crippen LogP contribution in [-0.2, 0) is 22.3 Å². The minimum atomic E-state index is -4.04. The lowest BCUT2D eigenvalue weighted by molar-refractivity contribution is 0.221. The van der Waals surface area contributed by atoms with Gasteiger partial charge in [0.2, 0.25) is 16.0 Å². The summed E-state index contributed by atoms with van der Waals surface area (Å²) in [6, 6.07) is 6.38. The molecule has 1 aliphatic carbocycles. The van der Waals surface area contributed by atoms with Crippen molar-refractivity contribution in [2.24, 2.45) is 0 Å². The Labute approximate surface area is 250 Å². The zero-order valence-electron chi connectivity index (χ0n) is 24.6. The van der Waals surface area contributed by atoms with E-state index in [2.05, 4.69) is 39.0 Å². The minimum Gasteiger partial charge on any atom is -0.351 e. The minimum absolute atomic E-state index is 0.106.